The summed E-state index contributed by atoms with van der Waals surface area (Å²) < 4.78 is 56.8. The number of esters is 1. The highest BCUT2D eigenvalue weighted by atomic mass is 19.2. The Bertz CT molecular complexity index is 615. The SMILES string of the molecule is O=C(Cc1ccccc1)Oc1c(F)c(F)cc(F)c1F. The van der Waals surface area contributed by atoms with Gasteiger partial charge in [-0.25, -0.2) is 8.78 Å². The van der Waals surface area contributed by atoms with Crippen LogP contribution in [-0.4, -0.2) is 5.97 Å². The van der Waals surface area contributed by atoms with Crippen LogP contribution in [-0.2, 0) is 11.2 Å². The highest BCUT2D eigenvalue weighted by molar-refractivity contribution is 5.75. The first-order chi connectivity index (χ1) is 9.49. The first-order valence-electron chi connectivity index (χ1n) is 5.56. The van der Waals surface area contributed by atoms with Crippen molar-refractivity contribution >= 4 is 5.97 Å². The summed E-state index contributed by atoms with van der Waals surface area (Å²) in [6.45, 7) is 0. The van der Waals surface area contributed by atoms with Crippen LogP contribution in [0.4, 0.5) is 17.6 Å². The lowest BCUT2D eigenvalue weighted by Gasteiger charge is -2.07. The molecule has 0 spiro atoms. The van der Waals surface area contributed by atoms with Crippen molar-refractivity contribution in [1.82, 2.24) is 0 Å². The van der Waals surface area contributed by atoms with E-state index in [0.717, 1.165) is 0 Å². The summed E-state index contributed by atoms with van der Waals surface area (Å²) in [5.41, 5.74) is 0.537. The largest absolute Gasteiger partial charge is 0.420 e. The van der Waals surface area contributed by atoms with Crippen LogP contribution < -0.4 is 4.74 Å². The van der Waals surface area contributed by atoms with Crippen LogP contribution in [0.25, 0.3) is 0 Å². The zero-order valence-electron chi connectivity index (χ0n) is 10.00. The predicted molar refractivity (Wildman–Crippen MR) is 62.1 cm³/mol. The van der Waals surface area contributed by atoms with Crippen molar-refractivity contribution in [3.05, 3.63) is 65.2 Å². The van der Waals surface area contributed by atoms with E-state index in [4.69, 9.17) is 0 Å². The van der Waals surface area contributed by atoms with Gasteiger partial charge < -0.3 is 4.74 Å². The molecule has 0 amide bonds. The lowest BCUT2D eigenvalue weighted by molar-refractivity contribution is -0.134. The number of hydrogen-bond donors (Lipinski definition) is 0. The molecule has 6 heteroatoms. The molecule has 0 saturated heterocycles. The topological polar surface area (TPSA) is 26.3 Å². The fraction of sp³-hybridized carbons (Fsp3) is 0.0714. The van der Waals surface area contributed by atoms with E-state index in [-0.39, 0.29) is 12.5 Å². The Balaban J connectivity index is 2.20. The minimum atomic E-state index is -1.75. The third-order valence-electron chi connectivity index (χ3n) is 2.48. The van der Waals surface area contributed by atoms with E-state index in [2.05, 4.69) is 4.74 Å². The van der Waals surface area contributed by atoms with Crippen molar-refractivity contribution in [3.63, 3.8) is 0 Å². The van der Waals surface area contributed by atoms with E-state index in [1.807, 2.05) is 0 Å². The second-order valence-electron chi connectivity index (χ2n) is 3.93. The van der Waals surface area contributed by atoms with Crippen LogP contribution in [0.5, 0.6) is 5.75 Å². The van der Waals surface area contributed by atoms with Gasteiger partial charge in [0.2, 0.25) is 17.4 Å². The van der Waals surface area contributed by atoms with Crippen LogP contribution in [0.1, 0.15) is 5.56 Å². The Morgan fingerprint density at radius 1 is 0.950 bits per heavy atom. The maximum absolute atomic E-state index is 13.3. The van der Waals surface area contributed by atoms with Gasteiger partial charge in [-0.2, -0.15) is 8.78 Å². The summed E-state index contributed by atoms with van der Waals surface area (Å²) in [6, 6.07) is 8.27. The number of rotatable bonds is 3. The van der Waals surface area contributed by atoms with Crippen LogP contribution >= 0.6 is 0 Å². The van der Waals surface area contributed by atoms with Gasteiger partial charge in [-0.05, 0) is 5.56 Å². The van der Waals surface area contributed by atoms with E-state index in [1.165, 1.54) is 0 Å². The van der Waals surface area contributed by atoms with E-state index in [0.29, 0.717) is 5.56 Å². The maximum Gasteiger partial charge on any atom is 0.315 e. The minimum absolute atomic E-state index is 0.0409. The van der Waals surface area contributed by atoms with Crippen molar-refractivity contribution in [2.24, 2.45) is 0 Å². The molecule has 2 rings (SSSR count). The van der Waals surface area contributed by atoms with Gasteiger partial charge in [-0.1, -0.05) is 30.3 Å². The molecule has 0 radical (unpaired) electrons. The van der Waals surface area contributed by atoms with Crippen molar-refractivity contribution in [2.45, 2.75) is 6.42 Å². The fourth-order valence-electron chi connectivity index (χ4n) is 1.55. The standard InChI is InChI=1S/C14H8F4O2/c15-9-7-10(16)13(18)14(12(9)17)20-11(19)6-8-4-2-1-3-5-8/h1-5,7H,6H2. The van der Waals surface area contributed by atoms with Gasteiger partial charge in [0, 0.05) is 6.07 Å². The van der Waals surface area contributed by atoms with Crippen molar-refractivity contribution < 1.29 is 27.1 Å². The van der Waals surface area contributed by atoms with Crippen LogP contribution in [0.2, 0.25) is 0 Å². The molecule has 0 N–H and O–H groups in total. The molecule has 0 bridgehead atoms. The molecule has 0 aliphatic rings. The number of hydrogen-bond acceptors (Lipinski definition) is 2. The summed E-state index contributed by atoms with van der Waals surface area (Å²) in [5, 5.41) is 0. The number of carbonyl (C=O) groups excluding carboxylic acids is 1. The molecule has 0 aliphatic carbocycles. The Kier molecular flexibility index (Phi) is 4.02. The van der Waals surface area contributed by atoms with E-state index < -0.39 is 35.0 Å². The Labute approximate surface area is 111 Å². The predicted octanol–water partition coefficient (Wildman–Crippen LogP) is 3.39. The summed E-state index contributed by atoms with van der Waals surface area (Å²) >= 11 is 0. The molecule has 2 aromatic carbocycles. The van der Waals surface area contributed by atoms with Gasteiger partial charge in [0.05, 0.1) is 6.42 Å². The summed E-state index contributed by atoms with van der Waals surface area (Å²) in [6.07, 6.45) is -0.280. The molecule has 0 aliphatic heterocycles. The number of carbonyl (C=O) groups is 1. The molecule has 0 unspecified atom stereocenters. The van der Waals surface area contributed by atoms with E-state index in [9.17, 15) is 22.4 Å². The van der Waals surface area contributed by atoms with E-state index in [1.54, 1.807) is 30.3 Å². The number of benzene rings is 2. The zero-order chi connectivity index (χ0) is 14.7. The highest BCUT2D eigenvalue weighted by Gasteiger charge is 2.22. The van der Waals surface area contributed by atoms with Crippen molar-refractivity contribution in [1.29, 1.82) is 0 Å². The Morgan fingerprint density at radius 2 is 1.50 bits per heavy atom. The Hall–Kier alpha value is -2.37. The molecule has 0 saturated carbocycles. The van der Waals surface area contributed by atoms with Crippen LogP contribution in [0.3, 0.4) is 0 Å². The fourth-order valence-corrected chi connectivity index (χ4v) is 1.55. The molecular weight excluding hydrogens is 276 g/mol. The first kappa shape index (κ1) is 14.0. The van der Waals surface area contributed by atoms with Gasteiger partial charge in [-0.15, -0.1) is 0 Å². The monoisotopic (exact) mass is 284 g/mol. The van der Waals surface area contributed by atoms with Gasteiger partial charge in [0.25, 0.3) is 0 Å². The molecule has 0 atom stereocenters. The molecule has 104 valence electrons. The van der Waals surface area contributed by atoms with Gasteiger partial charge in [0.15, 0.2) is 11.6 Å². The van der Waals surface area contributed by atoms with Crippen molar-refractivity contribution in [2.75, 3.05) is 0 Å². The first-order valence-corrected chi connectivity index (χ1v) is 5.56. The maximum atomic E-state index is 13.3. The quantitative estimate of drug-likeness (QED) is 0.374. The zero-order valence-corrected chi connectivity index (χ0v) is 10.00. The van der Waals surface area contributed by atoms with Crippen LogP contribution in [0, 0.1) is 23.3 Å². The lowest BCUT2D eigenvalue weighted by atomic mass is 10.1. The average molecular weight is 284 g/mol. The van der Waals surface area contributed by atoms with Gasteiger partial charge >= 0.3 is 5.97 Å². The Morgan fingerprint density at radius 3 is 2.05 bits per heavy atom. The molecule has 0 heterocycles. The number of ether oxygens (including phenoxy) is 1. The normalized spacial score (nSPS) is 10.4. The number of halogens is 4. The molecule has 20 heavy (non-hydrogen) atoms. The van der Waals surface area contributed by atoms with Crippen molar-refractivity contribution in [3.8, 4) is 5.75 Å². The highest BCUT2D eigenvalue weighted by Crippen LogP contribution is 2.26. The summed E-state index contributed by atoms with van der Waals surface area (Å²) in [5.74, 6) is -9.16. The second-order valence-corrected chi connectivity index (χ2v) is 3.93. The lowest BCUT2D eigenvalue weighted by Crippen LogP contribution is -2.14. The molecular formula is C14H8F4O2. The third-order valence-corrected chi connectivity index (χ3v) is 2.48. The summed E-state index contributed by atoms with van der Waals surface area (Å²) in [4.78, 5) is 11.5. The minimum Gasteiger partial charge on any atom is -0.420 e. The van der Waals surface area contributed by atoms with E-state index >= 15 is 0 Å². The van der Waals surface area contributed by atoms with Crippen LogP contribution in [0.15, 0.2) is 36.4 Å². The smallest absolute Gasteiger partial charge is 0.315 e. The molecule has 0 fully saturated rings. The van der Waals surface area contributed by atoms with Gasteiger partial charge in [0.1, 0.15) is 0 Å². The molecule has 2 aromatic rings. The molecule has 2 nitrogen and oxygen atoms in total. The summed E-state index contributed by atoms with van der Waals surface area (Å²) in [7, 11) is 0. The molecule has 0 aromatic heterocycles. The third kappa shape index (κ3) is 2.96. The second kappa shape index (κ2) is 5.73. The van der Waals surface area contributed by atoms with Gasteiger partial charge in [-0.3, -0.25) is 4.79 Å². The average Bonchev–Trinajstić information content (AvgIpc) is 2.42.